The van der Waals surface area contributed by atoms with E-state index in [1.165, 1.54) is 6.33 Å². The third-order valence-electron chi connectivity index (χ3n) is 3.78. The molecule has 124 valence electrons. The van der Waals surface area contributed by atoms with Gasteiger partial charge in [-0.1, -0.05) is 36.4 Å². The molecular formula is C17H16N7O+. The van der Waals surface area contributed by atoms with Crippen LogP contribution in [-0.4, -0.2) is 22.4 Å². The maximum atomic E-state index is 11.6. The lowest BCUT2D eigenvalue weighted by molar-refractivity contribution is 0.100. The van der Waals surface area contributed by atoms with Crippen LogP contribution in [0.1, 0.15) is 22.0 Å². The molecule has 0 aliphatic carbocycles. The number of para-hydroxylation sites is 1. The Morgan fingerprint density at radius 3 is 2.72 bits per heavy atom. The van der Waals surface area contributed by atoms with Gasteiger partial charge in [0.25, 0.3) is 5.91 Å². The Kier molecular flexibility index (Phi) is 4.73. The van der Waals surface area contributed by atoms with E-state index in [2.05, 4.69) is 25.3 Å². The lowest BCUT2D eigenvalue weighted by Crippen LogP contribution is -2.16. The van der Waals surface area contributed by atoms with Crippen LogP contribution in [0.5, 0.6) is 0 Å². The number of hydrogen-bond acceptors (Lipinski definition) is 6. The largest absolute Gasteiger partial charge is 0.366 e. The van der Waals surface area contributed by atoms with Crippen molar-refractivity contribution in [2.75, 3.05) is 11.9 Å². The van der Waals surface area contributed by atoms with Gasteiger partial charge in [-0.25, -0.2) is 9.97 Å². The fraction of sp³-hybridized carbons (Fsp3) is 0.118. The molecule has 1 aromatic heterocycles. The third-order valence-corrected chi connectivity index (χ3v) is 3.78. The third kappa shape index (κ3) is 3.49. The van der Waals surface area contributed by atoms with Crippen LogP contribution in [0.2, 0.25) is 0 Å². The number of nitrogens with zero attached hydrogens (tertiary/aromatic N) is 4. The molecule has 25 heavy (non-hydrogen) atoms. The molecule has 0 saturated carbocycles. The molecule has 1 amide bonds. The van der Waals surface area contributed by atoms with Gasteiger partial charge >= 0.3 is 0 Å². The quantitative estimate of drug-likeness (QED) is 0.472. The van der Waals surface area contributed by atoms with Crippen molar-refractivity contribution in [3.05, 3.63) is 66.0 Å². The van der Waals surface area contributed by atoms with Gasteiger partial charge in [0.2, 0.25) is 4.91 Å². The van der Waals surface area contributed by atoms with Crippen molar-refractivity contribution in [1.29, 1.82) is 5.53 Å². The van der Waals surface area contributed by atoms with E-state index < -0.39 is 5.91 Å². The molecule has 0 saturated heterocycles. The Labute approximate surface area is 143 Å². The number of rotatable bonds is 6. The summed E-state index contributed by atoms with van der Waals surface area (Å²) in [6.45, 7) is 0.272. The predicted octanol–water partition coefficient (Wildman–Crippen LogP) is 2.43. The molecule has 8 nitrogen and oxygen atoms in total. The second-order valence-electron chi connectivity index (χ2n) is 5.32. The number of amides is 1. The van der Waals surface area contributed by atoms with Crippen molar-refractivity contribution < 1.29 is 4.79 Å². The zero-order valence-corrected chi connectivity index (χ0v) is 13.3. The zero-order chi connectivity index (χ0) is 17.6. The van der Waals surface area contributed by atoms with E-state index in [0.717, 1.165) is 5.56 Å². The molecule has 1 unspecified atom stereocenters. The van der Waals surface area contributed by atoms with Crippen LogP contribution in [0.25, 0.3) is 10.9 Å². The SMILES string of the molecule is N=[N+]=NCC(Nc1ncnc2c(C(N)=O)cccc12)c1ccccc1. The van der Waals surface area contributed by atoms with Crippen molar-refractivity contribution >= 4 is 22.6 Å². The minimum absolute atomic E-state index is 0.231. The maximum Gasteiger partial charge on any atom is 0.250 e. The zero-order valence-electron chi connectivity index (χ0n) is 13.3. The second kappa shape index (κ2) is 7.29. The number of nitrogens with one attached hydrogen (secondary N) is 2. The molecule has 3 rings (SSSR count). The van der Waals surface area contributed by atoms with Gasteiger partial charge in [-0.2, -0.15) is 0 Å². The van der Waals surface area contributed by atoms with Gasteiger partial charge in [0.15, 0.2) is 0 Å². The first-order chi connectivity index (χ1) is 12.2. The standard InChI is InChI=1S/C17H15N7O/c18-16(25)12-7-4-8-13-15(12)20-10-21-17(13)23-14(9-22-24-19)11-5-2-1-3-6-11/h1-8,10,14,19H,9H2,(H2-,18,20,21,23,25)/p+1. The van der Waals surface area contributed by atoms with Crippen molar-refractivity contribution in [3.63, 3.8) is 0 Å². The molecule has 0 radical (unpaired) electrons. The Hall–Kier alpha value is -3.64. The summed E-state index contributed by atoms with van der Waals surface area (Å²) in [5.74, 6) is 0.0139. The van der Waals surface area contributed by atoms with Crippen molar-refractivity contribution in [2.24, 2.45) is 10.8 Å². The normalized spacial score (nSPS) is 11.5. The summed E-state index contributed by atoms with van der Waals surface area (Å²) in [6, 6.07) is 14.6. The topological polar surface area (TPSA) is 131 Å². The highest BCUT2D eigenvalue weighted by Gasteiger charge is 2.17. The van der Waals surface area contributed by atoms with Crippen LogP contribution in [0.15, 0.2) is 60.0 Å². The number of benzene rings is 2. The molecule has 4 N–H and O–H groups in total. The highest BCUT2D eigenvalue weighted by Crippen LogP contribution is 2.26. The van der Waals surface area contributed by atoms with Gasteiger partial charge in [0.05, 0.1) is 17.1 Å². The fourth-order valence-corrected chi connectivity index (χ4v) is 2.61. The first-order valence-electron chi connectivity index (χ1n) is 7.59. The van der Waals surface area contributed by atoms with Gasteiger partial charge in [0.1, 0.15) is 29.3 Å². The molecule has 3 aromatic rings. The molecule has 8 heteroatoms. The van der Waals surface area contributed by atoms with Gasteiger partial charge < -0.3 is 11.1 Å². The number of hydrogen-bond donors (Lipinski definition) is 3. The lowest BCUT2D eigenvalue weighted by Gasteiger charge is -2.17. The average Bonchev–Trinajstić information content (AvgIpc) is 2.65. The molecule has 0 aliphatic rings. The average molecular weight is 334 g/mol. The Morgan fingerprint density at radius 1 is 1.20 bits per heavy atom. The van der Waals surface area contributed by atoms with Crippen molar-refractivity contribution in [1.82, 2.24) is 14.9 Å². The molecule has 0 spiro atoms. The first-order valence-corrected chi connectivity index (χ1v) is 7.59. The first kappa shape index (κ1) is 16.2. The second-order valence-corrected chi connectivity index (χ2v) is 5.32. The summed E-state index contributed by atoms with van der Waals surface area (Å²) < 4.78 is 0. The van der Waals surface area contributed by atoms with Crippen LogP contribution in [-0.2, 0) is 0 Å². The molecule has 0 aliphatic heterocycles. The summed E-state index contributed by atoms with van der Waals surface area (Å²) in [6.07, 6.45) is 1.38. The lowest BCUT2D eigenvalue weighted by atomic mass is 10.1. The van der Waals surface area contributed by atoms with Crippen LogP contribution in [0, 0.1) is 5.53 Å². The summed E-state index contributed by atoms with van der Waals surface area (Å²) >= 11 is 0. The van der Waals surface area contributed by atoms with Crippen LogP contribution in [0.4, 0.5) is 5.82 Å². The number of carbonyl (C=O) groups excluding carboxylic acids is 1. The summed E-state index contributed by atoms with van der Waals surface area (Å²) in [7, 11) is 0. The number of carbonyl (C=O) groups is 1. The highest BCUT2D eigenvalue weighted by atomic mass is 16.1. The molecule has 0 bridgehead atoms. The van der Waals surface area contributed by atoms with E-state index in [4.69, 9.17) is 11.3 Å². The molecule has 1 atom stereocenters. The molecule has 2 aromatic carbocycles. The highest BCUT2D eigenvalue weighted by molar-refractivity contribution is 6.06. The van der Waals surface area contributed by atoms with E-state index in [0.29, 0.717) is 22.3 Å². The number of anilines is 1. The van der Waals surface area contributed by atoms with E-state index >= 15 is 0 Å². The molecule has 1 heterocycles. The fourth-order valence-electron chi connectivity index (χ4n) is 2.61. The Balaban J connectivity index is 2.04. The smallest absolute Gasteiger partial charge is 0.250 e. The minimum Gasteiger partial charge on any atom is -0.366 e. The monoisotopic (exact) mass is 334 g/mol. The molecule has 0 fully saturated rings. The van der Waals surface area contributed by atoms with E-state index in [1.54, 1.807) is 12.1 Å². The van der Waals surface area contributed by atoms with E-state index in [-0.39, 0.29) is 12.6 Å². The minimum atomic E-state index is -0.544. The van der Waals surface area contributed by atoms with Gasteiger partial charge in [0, 0.05) is 5.39 Å². The Morgan fingerprint density at radius 2 is 2.00 bits per heavy atom. The van der Waals surface area contributed by atoms with E-state index in [1.807, 2.05) is 36.4 Å². The number of aromatic nitrogens is 2. The van der Waals surface area contributed by atoms with Gasteiger partial charge in [-0.15, -0.1) is 0 Å². The van der Waals surface area contributed by atoms with Crippen LogP contribution in [0.3, 0.4) is 0 Å². The summed E-state index contributed by atoms with van der Waals surface area (Å²) in [5.41, 5.74) is 14.1. The van der Waals surface area contributed by atoms with Crippen molar-refractivity contribution in [3.8, 4) is 0 Å². The predicted molar refractivity (Wildman–Crippen MR) is 93.0 cm³/mol. The van der Waals surface area contributed by atoms with Crippen molar-refractivity contribution in [2.45, 2.75) is 6.04 Å². The van der Waals surface area contributed by atoms with Crippen LogP contribution < -0.4 is 16.0 Å². The summed E-state index contributed by atoms with van der Waals surface area (Å²) in [5, 5.41) is 7.76. The molecular weight excluding hydrogens is 318 g/mol. The van der Waals surface area contributed by atoms with Gasteiger partial charge in [-0.3, -0.25) is 4.79 Å². The van der Waals surface area contributed by atoms with Crippen LogP contribution >= 0.6 is 0 Å². The Bertz CT molecular complexity index is 952. The number of primary amides is 1. The number of fused-ring (bicyclic) bond motifs is 1. The van der Waals surface area contributed by atoms with Gasteiger partial charge in [-0.05, 0) is 17.7 Å². The van der Waals surface area contributed by atoms with E-state index in [9.17, 15) is 4.79 Å². The number of nitrogens with two attached hydrogens (primary N) is 1. The maximum absolute atomic E-state index is 11.6. The summed E-state index contributed by atoms with van der Waals surface area (Å²) in [4.78, 5) is 23.2.